The van der Waals surface area contributed by atoms with E-state index in [0.29, 0.717) is 18.0 Å². The summed E-state index contributed by atoms with van der Waals surface area (Å²) >= 11 is 1.41. The molecule has 0 fully saturated rings. The number of hydrogen-bond acceptors (Lipinski definition) is 4. The molecule has 0 atom stereocenters. The van der Waals surface area contributed by atoms with Crippen LogP contribution in [0.3, 0.4) is 0 Å². The number of furan rings is 1. The first kappa shape index (κ1) is 14.5. The molecule has 2 heterocycles. The van der Waals surface area contributed by atoms with Crippen molar-refractivity contribution in [3.63, 3.8) is 0 Å². The SMILES string of the molecule is Cc1ccccc1CN(C)C(=O)c1csc(-c2ccco2)n1. The van der Waals surface area contributed by atoms with Gasteiger partial charge in [-0.15, -0.1) is 11.3 Å². The van der Waals surface area contributed by atoms with Crippen LogP contribution in [0, 0.1) is 6.92 Å². The van der Waals surface area contributed by atoms with Crippen molar-refractivity contribution in [2.75, 3.05) is 7.05 Å². The van der Waals surface area contributed by atoms with Crippen LogP contribution in [-0.2, 0) is 6.54 Å². The van der Waals surface area contributed by atoms with Crippen molar-refractivity contribution in [1.29, 1.82) is 0 Å². The van der Waals surface area contributed by atoms with Gasteiger partial charge < -0.3 is 9.32 Å². The fourth-order valence-corrected chi connectivity index (χ4v) is 2.96. The first-order valence-electron chi connectivity index (χ1n) is 6.94. The lowest BCUT2D eigenvalue weighted by Gasteiger charge is -2.17. The maximum absolute atomic E-state index is 12.5. The van der Waals surface area contributed by atoms with E-state index in [0.717, 1.165) is 10.6 Å². The number of hydrogen-bond donors (Lipinski definition) is 0. The van der Waals surface area contributed by atoms with Gasteiger partial charge in [0.05, 0.1) is 6.26 Å². The van der Waals surface area contributed by atoms with Crippen LogP contribution in [0.5, 0.6) is 0 Å². The number of benzene rings is 1. The van der Waals surface area contributed by atoms with Crippen molar-refractivity contribution < 1.29 is 9.21 Å². The molecule has 0 N–H and O–H groups in total. The molecule has 22 heavy (non-hydrogen) atoms. The van der Waals surface area contributed by atoms with Gasteiger partial charge in [0, 0.05) is 19.0 Å². The monoisotopic (exact) mass is 312 g/mol. The Kier molecular flexibility index (Phi) is 4.06. The average Bonchev–Trinajstić information content (AvgIpc) is 3.19. The molecule has 0 aliphatic carbocycles. The number of rotatable bonds is 4. The van der Waals surface area contributed by atoms with Crippen molar-refractivity contribution in [3.8, 4) is 10.8 Å². The minimum Gasteiger partial charge on any atom is -0.462 e. The number of thiazole rings is 1. The summed E-state index contributed by atoms with van der Waals surface area (Å²) in [6, 6.07) is 11.7. The van der Waals surface area contributed by atoms with Gasteiger partial charge in [0.2, 0.25) is 0 Å². The van der Waals surface area contributed by atoms with Crippen molar-refractivity contribution in [2.24, 2.45) is 0 Å². The third kappa shape index (κ3) is 2.94. The van der Waals surface area contributed by atoms with Crippen LogP contribution in [0.1, 0.15) is 21.6 Å². The summed E-state index contributed by atoms with van der Waals surface area (Å²) in [5.41, 5.74) is 2.77. The number of aryl methyl sites for hydroxylation is 1. The Balaban J connectivity index is 1.75. The summed E-state index contributed by atoms with van der Waals surface area (Å²) in [4.78, 5) is 18.5. The largest absolute Gasteiger partial charge is 0.462 e. The fourth-order valence-electron chi connectivity index (χ4n) is 2.20. The molecule has 2 aromatic heterocycles. The summed E-state index contributed by atoms with van der Waals surface area (Å²) in [5.74, 6) is 0.600. The number of carbonyl (C=O) groups excluding carboxylic acids is 1. The molecule has 0 radical (unpaired) electrons. The lowest BCUT2D eigenvalue weighted by Crippen LogP contribution is -2.26. The normalized spacial score (nSPS) is 10.6. The summed E-state index contributed by atoms with van der Waals surface area (Å²) in [6.07, 6.45) is 1.60. The Morgan fingerprint density at radius 1 is 1.27 bits per heavy atom. The van der Waals surface area contributed by atoms with Crippen LogP contribution in [0.25, 0.3) is 10.8 Å². The molecule has 3 rings (SSSR count). The predicted octanol–water partition coefficient (Wildman–Crippen LogP) is 3.98. The molecule has 1 aromatic carbocycles. The standard InChI is InChI=1S/C17H16N2O2S/c1-12-6-3-4-7-13(12)10-19(2)17(20)14-11-22-16(18-14)15-8-5-9-21-15/h3-9,11H,10H2,1-2H3. The van der Waals surface area contributed by atoms with Crippen LogP contribution in [0.15, 0.2) is 52.5 Å². The van der Waals surface area contributed by atoms with Gasteiger partial charge in [-0.1, -0.05) is 24.3 Å². The Hall–Kier alpha value is -2.40. The van der Waals surface area contributed by atoms with E-state index in [1.54, 1.807) is 23.6 Å². The third-order valence-corrected chi connectivity index (χ3v) is 4.33. The van der Waals surface area contributed by atoms with Gasteiger partial charge in [-0.2, -0.15) is 0 Å². The molecular weight excluding hydrogens is 296 g/mol. The Bertz CT molecular complexity index is 778. The first-order chi connectivity index (χ1) is 10.6. The van der Waals surface area contributed by atoms with E-state index in [4.69, 9.17) is 4.42 Å². The van der Waals surface area contributed by atoms with Crippen molar-refractivity contribution in [2.45, 2.75) is 13.5 Å². The molecular formula is C17H16N2O2S. The van der Waals surface area contributed by atoms with Crippen LogP contribution < -0.4 is 0 Å². The van der Waals surface area contributed by atoms with Gasteiger partial charge in [0.1, 0.15) is 5.69 Å². The maximum Gasteiger partial charge on any atom is 0.273 e. The highest BCUT2D eigenvalue weighted by Gasteiger charge is 2.17. The Morgan fingerprint density at radius 2 is 2.09 bits per heavy atom. The van der Waals surface area contributed by atoms with Crippen molar-refractivity contribution >= 4 is 17.2 Å². The fraction of sp³-hybridized carbons (Fsp3) is 0.176. The number of carbonyl (C=O) groups is 1. The van der Waals surface area contributed by atoms with Crippen molar-refractivity contribution in [1.82, 2.24) is 9.88 Å². The van der Waals surface area contributed by atoms with E-state index in [1.165, 1.54) is 16.9 Å². The lowest BCUT2D eigenvalue weighted by atomic mass is 10.1. The third-order valence-electron chi connectivity index (χ3n) is 3.47. The molecule has 5 heteroatoms. The van der Waals surface area contributed by atoms with Gasteiger partial charge in [-0.05, 0) is 30.2 Å². The molecule has 0 spiro atoms. The molecule has 1 amide bonds. The second-order valence-corrected chi connectivity index (χ2v) is 5.96. The lowest BCUT2D eigenvalue weighted by molar-refractivity contribution is 0.0780. The topological polar surface area (TPSA) is 46.3 Å². The average molecular weight is 312 g/mol. The summed E-state index contributed by atoms with van der Waals surface area (Å²) in [6.45, 7) is 2.62. The highest BCUT2D eigenvalue weighted by Crippen LogP contribution is 2.24. The number of nitrogens with zero attached hydrogens (tertiary/aromatic N) is 2. The zero-order valence-corrected chi connectivity index (χ0v) is 13.3. The minimum absolute atomic E-state index is 0.0858. The zero-order chi connectivity index (χ0) is 15.5. The van der Waals surface area contributed by atoms with Crippen LogP contribution in [0.2, 0.25) is 0 Å². The maximum atomic E-state index is 12.5. The number of aromatic nitrogens is 1. The van der Waals surface area contributed by atoms with E-state index in [9.17, 15) is 4.79 Å². The molecule has 0 aliphatic heterocycles. The minimum atomic E-state index is -0.0858. The Morgan fingerprint density at radius 3 is 2.82 bits per heavy atom. The van der Waals surface area contributed by atoms with Crippen LogP contribution in [-0.4, -0.2) is 22.8 Å². The van der Waals surface area contributed by atoms with Crippen LogP contribution in [0.4, 0.5) is 0 Å². The van der Waals surface area contributed by atoms with E-state index in [2.05, 4.69) is 4.98 Å². The molecule has 0 saturated carbocycles. The smallest absolute Gasteiger partial charge is 0.273 e. The van der Waals surface area contributed by atoms with Gasteiger partial charge in [-0.25, -0.2) is 4.98 Å². The predicted molar refractivity (Wildman–Crippen MR) is 86.8 cm³/mol. The van der Waals surface area contributed by atoms with E-state index in [-0.39, 0.29) is 5.91 Å². The molecule has 0 aliphatic rings. The first-order valence-corrected chi connectivity index (χ1v) is 7.82. The summed E-state index contributed by atoms with van der Waals surface area (Å²) in [5, 5.41) is 2.49. The highest BCUT2D eigenvalue weighted by atomic mass is 32.1. The van der Waals surface area contributed by atoms with Gasteiger partial charge in [0.15, 0.2) is 10.8 Å². The van der Waals surface area contributed by atoms with E-state index < -0.39 is 0 Å². The second-order valence-electron chi connectivity index (χ2n) is 5.10. The molecule has 112 valence electrons. The molecule has 3 aromatic rings. The van der Waals surface area contributed by atoms with E-state index >= 15 is 0 Å². The summed E-state index contributed by atoms with van der Waals surface area (Å²) < 4.78 is 5.31. The Labute approximate surface area is 133 Å². The molecule has 0 saturated heterocycles. The van der Waals surface area contributed by atoms with Crippen molar-refractivity contribution in [3.05, 3.63) is 64.9 Å². The second kappa shape index (κ2) is 6.15. The van der Waals surface area contributed by atoms with Gasteiger partial charge in [0.25, 0.3) is 5.91 Å². The highest BCUT2D eigenvalue weighted by molar-refractivity contribution is 7.13. The van der Waals surface area contributed by atoms with Gasteiger partial charge in [-0.3, -0.25) is 4.79 Å². The van der Waals surface area contributed by atoms with Crippen LogP contribution >= 0.6 is 11.3 Å². The van der Waals surface area contributed by atoms with E-state index in [1.807, 2.05) is 43.3 Å². The number of amides is 1. The molecule has 0 unspecified atom stereocenters. The zero-order valence-electron chi connectivity index (χ0n) is 12.4. The quantitative estimate of drug-likeness (QED) is 0.732. The van der Waals surface area contributed by atoms with Gasteiger partial charge >= 0.3 is 0 Å². The molecule has 4 nitrogen and oxygen atoms in total. The molecule has 0 bridgehead atoms. The summed E-state index contributed by atoms with van der Waals surface area (Å²) in [7, 11) is 1.79.